The minimum Gasteiger partial charge on any atom is -0.349 e. The molecule has 0 unspecified atom stereocenters. The summed E-state index contributed by atoms with van der Waals surface area (Å²) in [4.78, 5) is 0. The minimum atomic E-state index is -0.829. The van der Waals surface area contributed by atoms with Gasteiger partial charge in [0, 0.05) is 21.7 Å². The van der Waals surface area contributed by atoms with E-state index in [4.69, 9.17) is 18.9 Å². The smallest absolute Gasteiger partial charge is 0.122 e. The van der Waals surface area contributed by atoms with E-state index in [-0.39, 0.29) is 0 Å². The first-order valence-electron chi connectivity index (χ1n) is 20.6. The van der Waals surface area contributed by atoms with Gasteiger partial charge in [0.25, 0.3) is 0 Å². The van der Waals surface area contributed by atoms with Crippen LogP contribution in [0.1, 0.15) is 99.9 Å². The van der Waals surface area contributed by atoms with Gasteiger partial charge in [-0.1, -0.05) is 152 Å². The van der Waals surface area contributed by atoms with E-state index in [1.807, 2.05) is 0 Å². The maximum Gasteiger partial charge on any atom is 0.122 e. The molecular weight excluding hydrogens is 689 g/mol. The summed E-state index contributed by atoms with van der Waals surface area (Å²) in [6, 6.07) is 35.8. The average molecular weight is 737 g/mol. The molecule has 9 heterocycles. The largest absolute Gasteiger partial charge is 0.349 e. The van der Waals surface area contributed by atoms with Crippen molar-refractivity contribution in [1.29, 1.82) is 0 Å². The average Bonchev–Trinajstić information content (AvgIpc) is 4.08. The molecule has 0 N–H and O–H groups in total. The zero-order valence-electron chi connectivity index (χ0n) is 33.5. The second kappa shape index (κ2) is 8.73. The number of fused-ring (bicyclic) bond motifs is 4. The van der Waals surface area contributed by atoms with E-state index >= 15 is 0 Å². The van der Waals surface area contributed by atoms with Gasteiger partial charge in [0.15, 0.2) is 0 Å². The molecule has 0 radical (unpaired) electrons. The topological polar surface area (TPSA) is 36.9 Å². The SMILES string of the molecule is CC1(C)[C@@]23C=C[C@](O2)(c2ccccc23)C(C)(C)[C@]23C=C[C@](O2)(c2ccccc23)C(C)(C)[C@]23C=C[C@](O2)(c2ccccc23)C(C)(C)[C@]23C=C[C@]1(O2)c1ccccc13. The Balaban J connectivity index is 1.17. The van der Waals surface area contributed by atoms with Gasteiger partial charge in [-0.15, -0.1) is 0 Å². The van der Waals surface area contributed by atoms with E-state index in [0.717, 1.165) is 0 Å². The molecule has 4 aromatic rings. The van der Waals surface area contributed by atoms with Crippen molar-refractivity contribution in [3.05, 3.63) is 190 Å². The first-order valence-corrected chi connectivity index (χ1v) is 20.6. The van der Waals surface area contributed by atoms with Gasteiger partial charge in [0.1, 0.15) is 44.8 Å². The van der Waals surface area contributed by atoms with E-state index < -0.39 is 66.5 Å². The van der Waals surface area contributed by atoms with Crippen molar-refractivity contribution in [2.45, 2.75) is 100 Å². The molecule has 1 saturated heterocycles. The summed E-state index contributed by atoms with van der Waals surface area (Å²) >= 11 is 0. The Morgan fingerprint density at radius 2 is 0.357 bits per heavy atom. The van der Waals surface area contributed by atoms with Crippen LogP contribution >= 0.6 is 0 Å². The molecule has 280 valence electrons. The van der Waals surface area contributed by atoms with Gasteiger partial charge < -0.3 is 18.9 Å². The Labute approximate surface area is 329 Å². The number of benzene rings is 4. The molecule has 13 rings (SSSR count). The van der Waals surface area contributed by atoms with Crippen molar-refractivity contribution in [2.24, 2.45) is 21.7 Å². The molecule has 1 fully saturated rings. The van der Waals surface area contributed by atoms with Crippen molar-refractivity contribution in [1.82, 2.24) is 0 Å². The van der Waals surface area contributed by atoms with E-state index in [0.29, 0.717) is 0 Å². The van der Waals surface area contributed by atoms with Gasteiger partial charge in [-0.05, 0) is 93.1 Å². The molecule has 0 saturated carbocycles. The Bertz CT molecular complexity index is 2150. The van der Waals surface area contributed by atoms with Crippen molar-refractivity contribution in [3.63, 3.8) is 0 Å². The van der Waals surface area contributed by atoms with Crippen LogP contribution in [0.25, 0.3) is 0 Å². The summed E-state index contributed by atoms with van der Waals surface area (Å²) < 4.78 is 32.2. The quantitative estimate of drug-likeness (QED) is 0.169. The van der Waals surface area contributed by atoms with Gasteiger partial charge in [-0.2, -0.15) is 0 Å². The second-order valence-electron chi connectivity index (χ2n) is 20.3. The molecule has 0 spiro atoms. The zero-order chi connectivity index (χ0) is 38.4. The normalized spacial score (nSPS) is 43.6. The predicted molar refractivity (Wildman–Crippen MR) is 215 cm³/mol. The molecule has 9 aliphatic heterocycles. The van der Waals surface area contributed by atoms with E-state index in [2.05, 4.69) is 201 Å². The number of hydrogen-bond donors (Lipinski definition) is 0. The Kier molecular flexibility index (Phi) is 5.10. The van der Waals surface area contributed by atoms with Crippen LogP contribution in [-0.2, 0) is 63.8 Å². The van der Waals surface area contributed by atoms with Crippen LogP contribution in [0.15, 0.2) is 146 Å². The molecule has 4 heteroatoms. The number of ether oxygens (including phenoxy) is 4. The molecule has 4 aromatic carbocycles. The lowest BCUT2D eigenvalue weighted by atomic mass is 9.52. The number of hydrogen-bond acceptors (Lipinski definition) is 4. The van der Waals surface area contributed by atoms with Gasteiger partial charge in [-0.3, -0.25) is 0 Å². The highest BCUT2D eigenvalue weighted by Crippen LogP contribution is 2.81. The lowest BCUT2D eigenvalue weighted by Crippen LogP contribution is -2.58. The fourth-order valence-corrected chi connectivity index (χ4v) is 14.4. The fourth-order valence-electron chi connectivity index (χ4n) is 14.4. The van der Waals surface area contributed by atoms with Crippen molar-refractivity contribution < 1.29 is 18.9 Å². The highest BCUT2D eigenvalue weighted by molar-refractivity contribution is 5.66. The monoisotopic (exact) mass is 736 g/mol. The van der Waals surface area contributed by atoms with Crippen molar-refractivity contribution in [3.8, 4) is 0 Å². The molecule has 0 amide bonds. The summed E-state index contributed by atoms with van der Waals surface area (Å²) in [7, 11) is 0. The third-order valence-electron chi connectivity index (χ3n) is 17.8. The molecule has 4 nitrogen and oxygen atoms in total. The highest BCUT2D eigenvalue weighted by Gasteiger charge is 2.83. The predicted octanol–water partition coefficient (Wildman–Crippen LogP) is 10.9. The van der Waals surface area contributed by atoms with Crippen LogP contribution in [0.2, 0.25) is 0 Å². The fraction of sp³-hybridized carbons (Fsp3) is 0.385. The van der Waals surface area contributed by atoms with Crippen LogP contribution in [0.5, 0.6) is 0 Å². The molecule has 9 aliphatic rings. The van der Waals surface area contributed by atoms with Gasteiger partial charge in [-0.25, -0.2) is 0 Å². The number of rotatable bonds is 0. The third-order valence-corrected chi connectivity index (χ3v) is 17.8. The molecular formula is C52H48O4. The van der Waals surface area contributed by atoms with Gasteiger partial charge in [0.05, 0.1) is 0 Å². The Morgan fingerprint density at radius 3 is 0.482 bits per heavy atom. The highest BCUT2D eigenvalue weighted by atomic mass is 16.6. The maximum absolute atomic E-state index is 8.05. The molecule has 56 heavy (non-hydrogen) atoms. The van der Waals surface area contributed by atoms with Crippen molar-refractivity contribution in [2.75, 3.05) is 0 Å². The summed E-state index contributed by atoms with van der Waals surface area (Å²) in [5, 5.41) is 0. The standard InChI is InChI=1S/C52H48O4/c1-41(2)45-25-27-47(53-45,35-19-11-9-17-33(35)45)42(3,4)49-29-31-51(55-49,39-23-15-13-21-37(39)49)44(7,8)52-32-30-50(56-52,38-22-14-16-24-40(38)52)43(5,6)48-28-26-46(41,54-48)34-18-10-12-20-36(34)48/h9-32H,1-8H3/t45-,46-,47-,48+,49+,50-,51-,52+/m0/s1. The molecule has 0 aromatic heterocycles. The van der Waals surface area contributed by atoms with Crippen LogP contribution in [0.4, 0.5) is 0 Å². The van der Waals surface area contributed by atoms with Crippen LogP contribution in [0, 0.1) is 21.7 Å². The molecule has 0 aliphatic carbocycles. The summed E-state index contributed by atoms with van der Waals surface area (Å²) in [5.41, 5.74) is 0.417. The summed E-state index contributed by atoms with van der Waals surface area (Å²) in [6.07, 6.45) is 19.0. The molecule has 8 atom stereocenters. The van der Waals surface area contributed by atoms with E-state index in [1.54, 1.807) is 0 Å². The maximum atomic E-state index is 8.05. The van der Waals surface area contributed by atoms with Gasteiger partial charge in [0.2, 0.25) is 0 Å². The Morgan fingerprint density at radius 1 is 0.232 bits per heavy atom. The lowest BCUT2D eigenvalue weighted by molar-refractivity contribution is -0.300. The van der Waals surface area contributed by atoms with Crippen molar-refractivity contribution >= 4 is 0 Å². The third kappa shape index (κ3) is 2.63. The summed E-state index contributed by atoms with van der Waals surface area (Å²) in [6.45, 7) is 18.9. The lowest BCUT2D eigenvalue weighted by Gasteiger charge is -2.55. The molecule has 8 bridgehead atoms. The zero-order valence-corrected chi connectivity index (χ0v) is 33.5. The first kappa shape index (κ1) is 32.7. The summed E-state index contributed by atoms with van der Waals surface area (Å²) in [5.74, 6) is 0. The van der Waals surface area contributed by atoms with E-state index in [1.165, 1.54) is 44.5 Å². The minimum absolute atomic E-state index is 0.635. The van der Waals surface area contributed by atoms with Crippen LogP contribution < -0.4 is 0 Å². The van der Waals surface area contributed by atoms with Crippen LogP contribution in [0.3, 0.4) is 0 Å². The first-order chi connectivity index (χ1) is 26.6. The van der Waals surface area contributed by atoms with Crippen LogP contribution in [-0.4, -0.2) is 0 Å². The van der Waals surface area contributed by atoms with E-state index in [9.17, 15) is 0 Å². The van der Waals surface area contributed by atoms with Gasteiger partial charge >= 0.3 is 0 Å². The Hall–Kier alpha value is -4.32. The second-order valence-corrected chi connectivity index (χ2v) is 20.3.